The van der Waals surface area contributed by atoms with Gasteiger partial charge in [-0.1, -0.05) is 12.1 Å². The number of hydrogen-bond donors (Lipinski definition) is 2. The molecule has 2 aliphatic rings. The van der Waals surface area contributed by atoms with E-state index in [0.29, 0.717) is 38.9 Å². The molecule has 2 saturated heterocycles. The summed E-state index contributed by atoms with van der Waals surface area (Å²) in [4.78, 5) is 12.6. The number of rotatable bonds is 5. The fourth-order valence-electron chi connectivity index (χ4n) is 3.42. The summed E-state index contributed by atoms with van der Waals surface area (Å²) in [5, 5.41) is 6.31. The molecule has 2 atom stereocenters. The number of ether oxygens (including phenoxy) is 1. The molecule has 0 radical (unpaired) electrons. The third-order valence-electron chi connectivity index (χ3n) is 4.99. The van der Waals surface area contributed by atoms with Gasteiger partial charge >= 0.3 is 0 Å². The maximum atomic E-state index is 12.6. The quantitative estimate of drug-likeness (QED) is 0.784. The van der Waals surface area contributed by atoms with E-state index < -0.39 is 10.0 Å². The summed E-state index contributed by atoms with van der Waals surface area (Å²) in [6, 6.07) is 7.11. The highest BCUT2D eigenvalue weighted by atomic mass is 32.2. The number of morpholine rings is 1. The molecule has 144 valence electrons. The molecular formula is C18H27N3O4S. The lowest BCUT2D eigenvalue weighted by molar-refractivity contribution is -0.126. The molecule has 26 heavy (non-hydrogen) atoms. The van der Waals surface area contributed by atoms with Gasteiger partial charge in [0, 0.05) is 31.6 Å². The minimum absolute atomic E-state index is 0.0484. The van der Waals surface area contributed by atoms with Crippen molar-refractivity contribution >= 4 is 15.9 Å². The molecular weight excluding hydrogens is 354 g/mol. The monoisotopic (exact) mass is 381 g/mol. The molecule has 1 amide bonds. The van der Waals surface area contributed by atoms with Crippen molar-refractivity contribution in [3.63, 3.8) is 0 Å². The van der Waals surface area contributed by atoms with E-state index in [1.165, 1.54) is 4.31 Å². The average Bonchev–Trinajstić information content (AvgIpc) is 2.67. The predicted octanol–water partition coefficient (Wildman–Crippen LogP) is 0.712. The van der Waals surface area contributed by atoms with Crippen molar-refractivity contribution in [1.82, 2.24) is 14.9 Å². The van der Waals surface area contributed by atoms with Gasteiger partial charge in [-0.2, -0.15) is 4.31 Å². The van der Waals surface area contributed by atoms with Gasteiger partial charge in [-0.15, -0.1) is 0 Å². The summed E-state index contributed by atoms with van der Waals surface area (Å²) in [5.74, 6) is 0.121. The van der Waals surface area contributed by atoms with Crippen LogP contribution in [-0.2, 0) is 26.1 Å². The lowest BCUT2D eigenvalue weighted by atomic mass is 9.92. The molecule has 1 aromatic carbocycles. The molecule has 1 aromatic rings. The first-order chi connectivity index (χ1) is 12.5. The van der Waals surface area contributed by atoms with Crippen LogP contribution in [-0.4, -0.2) is 57.5 Å². The summed E-state index contributed by atoms with van der Waals surface area (Å²) < 4.78 is 31.9. The van der Waals surface area contributed by atoms with Crippen LogP contribution in [0.1, 0.15) is 25.3 Å². The van der Waals surface area contributed by atoms with Crippen molar-refractivity contribution in [2.24, 2.45) is 5.92 Å². The highest BCUT2D eigenvalue weighted by Gasteiger charge is 2.26. The highest BCUT2D eigenvalue weighted by molar-refractivity contribution is 7.89. The summed E-state index contributed by atoms with van der Waals surface area (Å²) >= 11 is 0. The molecule has 0 aliphatic carbocycles. The van der Waals surface area contributed by atoms with Crippen LogP contribution < -0.4 is 10.6 Å². The van der Waals surface area contributed by atoms with Gasteiger partial charge in [-0.3, -0.25) is 4.79 Å². The third kappa shape index (κ3) is 4.62. The maximum absolute atomic E-state index is 12.6. The molecule has 0 saturated carbocycles. The molecule has 0 bridgehead atoms. The Kier molecular flexibility index (Phi) is 6.29. The van der Waals surface area contributed by atoms with Crippen molar-refractivity contribution in [1.29, 1.82) is 0 Å². The Balaban J connectivity index is 1.56. The van der Waals surface area contributed by atoms with Crippen molar-refractivity contribution < 1.29 is 17.9 Å². The SMILES string of the molecule is C[C@H]1C[C@@H](C(=O)NCc2ccc(S(=O)(=O)N3CCOCC3)cc2)CCN1. The van der Waals surface area contributed by atoms with Crippen molar-refractivity contribution in [2.75, 3.05) is 32.8 Å². The Morgan fingerprint density at radius 3 is 2.62 bits per heavy atom. The molecule has 8 heteroatoms. The van der Waals surface area contributed by atoms with Crippen LogP contribution in [0.4, 0.5) is 0 Å². The zero-order valence-electron chi connectivity index (χ0n) is 15.1. The molecule has 2 aliphatic heterocycles. The van der Waals surface area contributed by atoms with Crippen LogP contribution >= 0.6 is 0 Å². The lowest BCUT2D eigenvalue weighted by Crippen LogP contribution is -2.42. The first kappa shape index (κ1) is 19.3. The van der Waals surface area contributed by atoms with E-state index in [-0.39, 0.29) is 16.7 Å². The van der Waals surface area contributed by atoms with Gasteiger partial charge < -0.3 is 15.4 Å². The minimum Gasteiger partial charge on any atom is -0.379 e. The highest BCUT2D eigenvalue weighted by Crippen LogP contribution is 2.19. The van der Waals surface area contributed by atoms with Crippen LogP contribution in [0.5, 0.6) is 0 Å². The van der Waals surface area contributed by atoms with Crippen LogP contribution in [0.25, 0.3) is 0 Å². The molecule has 2 heterocycles. The van der Waals surface area contributed by atoms with Gasteiger partial charge in [0.15, 0.2) is 0 Å². The lowest BCUT2D eigenvalue weighted by Gasteiger charge is -2.27. The number of nitrogens with zero attached hydrogens (tertiary/aromatic N) is 1. The van der Waals surface area contributed by atoms with Gasteiger partial charge in [0.25, 0.3) is 0 Å². The standard InChI is InChI=1S/C18H27N3O4S/c1-14-12-16(6-7-19-14)18(22)20-13-15-2-4-17(5-3-15)26(23,24)21-8-10-25-11-9-21/h2-5,14,16,19H,6-13H2,1H3,(H,20,22)/t14-,16-/m0/s1. The number of carbonyl (C=O) groups excluding carboxylic acids is 1. The first-order valence-electron chi connectivity index (χ1n) is 9.15. The number of amides is 1. The Morgan fingerprint density at radius 1 is 1.27 bits per heavy atom. The van der Waals surface area contributed by atoms with E-state index >= 15 is 0 Å². The molecule has 0 unspecified atom stereocenters. The second-order valence-corrected chi connectivity index (χ2v) is 8.89. The first-order valence-corrected chi connectivity index (χ1v) is 10.6. The van der Waals surface area contributed by atoms with Gasteiger partial charge in [0.1, 0.15) is 0 Å². The Bertz CT molecular complexity index is 714. The minimum atomic E-state index is -3.47. The summed E-state index contributed by atoms with van der Waals surface area (Å²) in [6.45, 7) is 5.00. The smallest absolute Gasteiger partial charge is 0.243 e. The number of benzene rings is 1. The number of carbonyl (C=O) groups is 1. The molecule has 0 aromatic heterocycles. The van der Waals surface area contributed by atoms with Crippen molar-refractivity contribution in [3.05, 3.63) is 29.8 Å². The molecule has 0 spiro atoms. The van der Waals surface area contributed by atoms with Crippen LogP contribution in [0.2, 0.25) is 0 Å². The third-order valence-corrected chi connectivity index (χ3v) is 6.91. The number of sulfonamides is 1. The molecule has 2 N–H and O–H groups in total. The van der Waals surface area contributed by atoms with Crippen LogP contribution in [0, 0.1) is 5.92 Å². The van der Waals surface area contributed by atoms with Crippen molar-refractivity contribution in [2.45, 2.75) is 37.2 Å². The summed E-state index contributed by atoms with van der Waals surface area (Å²) in [7, 11) is -3.47. The summed E-state index contributed by atoms with van der Waals surface area (Å²) in [5.41, 5.74) is 0.890. The van der Waals surface area contributed by atoms with Crippen LogP contribution in [0.3, 0.4) is 0 Å². The van der Waals surface area contributed by atoms with Gasteiger partial charge in [-0.05, 0) is 44.0 Å². The zero-order valence-corrected chi connectivity index (χ0v) is 15.9. The normalized spacial score (nSPS) is 25.0. The van der Waals surface area contributed by atoms with E-state index in [9.17, 15) is 13.2 Å². The van der Waals surface area contributed by atoms with E-state index in [1.807, 2.05) is 0 Å². The van der Waals surface area contributed by atoms with Gasteiger partial charge in [0.05, 0.1) is 18.1 Å². The van der Waals surface area contributed by atoms with Gasteiger partial charge in [0.2, 0.25) is 15.9 Å². The van der Waals surface area contributed by atoms with E-state index in [0.717, 1.165) is 24.9 Å². The Labute approximate surface area is 155 Å². The number of nitrogens with one attached hydrogen (secondary N) is 2. The predicted molar refractivity (Wildman–Crippen MR) is 98.1 cm³/mol. The Morgan fingerprint density at radius 2 is 1.96 bits per heavy atom. The second kappa shape index (κ2) is 8.47. The summed E-state index contributed by atoms with van der Waals surface area (Å²) in [6.07, 6.45) is 1.70. The van der Waals surface area contributed by atoms with E-state index in [2.05, 4.69) is 17.6 Å². The molecule has 2 fully saturated rings. The topological polar surface area (TPSA) is 87.7 Å². The largest absolute Gasteiger partial charge is 0.379 e. The van der Waals surface area contributed by atoms with Crippen molar-refractivity contribution in [3.8, 4) is 0 Å². The second-order valence-electron chi connectivity index (χ2n) is 6.95. The fraction of sp³-hybridized carbons (Fsp3) is 0.611. The van der Waals surface area contributed by atoms with Crippen LogP contribution in [0.15, 0.2) is 29.2 Å². The van der Waals surface area contributed by atoms with E-state index in [4.69, 9.17) is 4.74 Å². The maximum Gasteiger partial charge on any atom is 0.243 e. The number of hydrogen-bond acceptors (Lipinski definition) is 5. The molecule has 7 nitrogen and oxygen atoms in total. The number of piperidine rings is 1. The molecule has 3 rings (SSSR count). The van der Waals surface area contributed by atoms with Gasteiger partial charge in [-0.25, -0.2) is 8.42 Å². The fourth-order valence-corrected chi connectivity index (χ4v) is 4.83. The van der Waals surface area contributed by atoms with E-state index in [1.54, 1.807) is 24.3 Å². The average molecular weight is 381 g/mol. The Hall–Kier alpha value is -1.48. The zero-order chi connectivity index (χ0) is 18.6.